The molecule has 0 saturated carbocycles. The summed E-state index contributed by atoms with van der Waals surface area (Å²) in [6.45, 7) is 2.84. The van der Waals surface area contributed by atoms with Crippen molar-refractivity contribution >= 4 is 50.3 Å². The Morgan fingerprint density at radius 3 is 2.10 bits per heavy atom. The molecule has 0 aliphatic carbocycles. The molecular formula is C43H47Cl2FN4O7S. The maximum atomic E-state index is 14.7. The summed E-state index contributed by atoms with van der Waals surface area (Å²) in [5.41, 5.74) is 2.14. The van der Waals surface area contributed by atoms with Gasteiger partial charge in [-0.1, -0.05) is 53.5 Å². The number of benzene rings is 4. The number of amides is 1. The average molecular weight is 854 g/mol. The van der Waals surface area contributed by atoms with E-state index in [1.807, 2.05) is 58.0 Å². The van der Waals surface area contributed by atoms with Gasteiger partial charge in [-0.3, -0.25) is 8.98 Å². The fraction of sp³-hybridized carbons (Fsp3) is 0.395. The maximum absolute atomic E-state index is 14.7. The van der Waals surface area contributed by atoms with Crippen molar-refractivity contribution in [2.75, 3.05) is 53.8 Å². The number of imidazole rings is 1. The normalized spacial score (nSPS) is 18.5. The van der Waals surface area contributed by atoms with Gasteiger partial charge in [0.15, 0.2) is 11.5 Å². The number of piperidine rings is 1. The van der Waals surface area contributed by atoms with Gasteiger partial charge in [-0.2, -0.15) is 8.42 Å². The van der Waals surface area contributed by atoms with E-state index in [1.165, 1.54) is 12.1 Å². The lowest BCUT2D eigenvalue weighted by atomic mass is 9.76. The van der Waals surface area contributed by atoms with E-state index in [0.29, 0.717) is 110 Å². The van der Waals surface area contributed by atoms with Gasteiger partial charge in [-0.05, 0) is 104 Å². The van der Waals surface area contributed by atoms with Crippen LogP contribution in [0.1, 0.15) is 48.2 Å². The van der Waals surface area contributed by atoms with Crippen LogP contribution in [0.15, 0.2) is 78.9 Å². The van der Waals surface area contributed by atoms with Crippen molar-refractivity contribution in [2.24, 2.45) is 5.41 Å². The third-order valence-corrected chi connectivity index (χ3v) is 12.8. The molecule has 1 aromatic heterocycles. The molecule has 5 aromatic rings. The lowest BCUT2D eigenvalue weighted by Crippen LogP contribution is -2.48. The fourth-order valence-corrected chi connectivity index (χ4v) is 9.66. The first-order valence-corrected chi connectivity index (χ1v) is 21.7. The van der Waals surface area contributed by atoms with Gasteiger partial charge in [0.25, 0.3) is 10.1 Å². The largest absolute Gasteiger partial charge is 0.493 e. The highest BCUT2D eigenvalue weighted by molar-refractivity contribution is 7.86. The lowest BCUT2D eigenvalue weighted by Gasteiger charge is -2.41. The number of rotatable bonds is 15. The molecule has 2 fully saturated rings. The zero-order valence-corrected chi connectivity index (χ0v) is 35.3. The summed E-state index contributed by atoms with van der Waals surface area (Å²) in [5.74, 6) is 1.71. The predicted octanol–water partition coefficient (Wildman–Crippen LogP) is 7.88. The number of carbonyl (C=O) groups is 1. The van der Waals surface area contributed by atoms with Crippen LogP contribution >= 0.6 is 23.2 Å². The van der Waals surface area contributed by atoms with Crippen LogP contribution in [-0.2, 0) is 44.2 Å². The number of ether oxygens (including phenoxy) is 3. The minimum atomic E-state index is -3.92. The summed E-state index contributed by atoms with van der Waals surface area (Å²) in [4.78, 5) is 23.8. The zero-order chi connectivity index (χ0) is 41.2. The number of nitrogens with zero attached hydrogens (tertiary/aromatic N) is 4. The van der Waals surface area contributed by atoms with E-state index in [4.69, 9.17) is 46.6 Å². The van der Waals surface area contributed by atoms with Gasteiger partial charge in [0.05, 0.1) is 54.1 Å². The zero-order valence-electron chi connectivity index (χ0n) is 33.0. The molecule has 308 valence electrons. The molecule has 3 heterocycles. The van der Waals surface area contributed by atoms with E-state index in [1.54, 1.807) is 39.5 Å². The maximum Gasteiger partial charge on any atom is 0.265 e. The van der Waals surface area contributed by atoms with E-state index >= 15 is 0 Å². The highest BCUT2D eigenvalue weighted by atomic mass is 35.5. The molecule has 58 heavy (non-hydrogen) atoms. The van der Waals surface area contributed by atoms with Crippen molar-refractivity contribution in [3.05, 3.63) is 117 Å². The summed E-state index contributed by atoms with van der Waals surface area (Å²) >= 11 is 12.7. The number of fused-ring (bicyclic) bond motifs is 1. The van der Waals surface area contributed by atoms with Gasteiger partial charge in [-0.25, -0.2) is 9.37 Å². The topological polar surface area (TPSA) is 112 Å². The quantitative estimate of drug-likeness (QED) is 0.0972. The van der Waals surface area contributed by atoms with E-state index in [-0.39, 0.29) is 11.7 Å². The summed E-state index contributed by atoms with van der Waals surface area (Å²) in [6.07, 6.45) is 3.40. The number of methoxy groups -OCH3 is 3. The van der Waals surface area contributed by atoms with Crippen molar-refractivity contribution in [3.63, 3.8) is 0 Å². The molecule has 2 saturated heterocycles. The first kappa shape index (κ1) is 41.7. The molecule has 15 heteroatoms. The van der Waals surface area contributed by atoms with E-state index in [0.717, 1.165) is 28.5 Å². The standard InChI is InChI=1S/C43H47Cl2FN4O7S/c1-54-37-24-31(25-38(55-2)39(37)56-3)27-49-22-16-42(41(49)51,26-30-11-14-33(44)34(45)23-30)15-19-48-20-17-43(18-21-48,57-58(4,52)53)40-47-35-7-5-6-8-36(35)50(40)28-29-9-12-32(46)13-10-29/h5-14,23-25H,15-22,26-28H2,1-4H3. The van der Waals surface area contributed by atoms with Crippen LogP contribution in [-0.4, -0.2) is 87.4 Å². The van der Waals surface area contributed by atoms with Gasteiger partial charge in [0.2, 0.25) is 11.7 Å². The Balaban J connectivity index is 1.14. The van der Waals surface area contributed by atoms with Crippen molar-refractivity contribution in [3.8, 4) is 17.2 Å². The number of aromatic nitrogens is 2. The van der Waals surface area contributed by atoms with E-state index in [2.05, 4.69) is 4.90 Å². The molecule has 7 rings (SSSR count). The minimum absolute atomic E-state index is 0.0357. The van der Waals surface area contributed by atoms with E-state index < -0.39 is 21.1 Å². The predicted molar refractivity (Wildman–Crippen MR) is 222 cm³/mol. The van der Waals surface area contributed by atoms with Crippen LogP contribution in [0.2, 0.25) is 10.0 Å². The molecule has 0 radical (unpaired) electrons. The molecule has 0 bridgehead atoms. The summed E-state index contributed by atoms with van der Waals surface area (Å²) < 4.78 is 64.5. The van der Waals surface area contributed by atoms with Crippen molar-refractivity contribution in [2.45, 2.75) is 50.8 Å². The summed E-state index contributed by atoms with van der Waals surface area (Å²) in [7, 11) is 0.751. The Morgan fingerprint density at radius 1 is 0.793 bits per heavy atom. The van der Waals surface area contributed by atoms with Gasteiger partial charge in [0, 0.05) is 32.7 Å². The smallest absolute Gasteiger partial charge is 0.265 e. The van der Waals surface area contributed by atoms with Crippen LogP contribution in [0, 0.1) is 11.2 Å². The highest BCUT2D eigenvalue weighted by Gasteiger charge is 2.48. The third-order valence-electron chi connectivity index (χ3n) is 11.4. The molecule has 4 aromatic carbocycles. The van der Waals surface area contributed by atoms with Crippen LogP contribution in [0.5, 0.6) is 17.2 Å². The molecule has 1 amide bonds. The first-order valence-electron chi connectivity index (χ1n) is 19.1. The molecule has 2 aliphatic heterocycles. The van der Waals surface area contributed by atoms with Gasteiger partial charge >= 0.3 is 0 Å². The fourth-order valence-electron chi connectivity index (χ4n) is 8.52. The molecule has 0 N–H and O–H groups in total. The molecule has 1 unspecified atom stereocenters. The molecule has 1 atom stereocenters. The molecule has 0 spiro atoms. The minimum Gasteiger partial charge on any atom is -0.493 e. The Bertz CT molecular complexity index is 2380. The third kappa shape index (κ3) is 8.79. The molecule has 2 aliphatic rings. The first-order chi connectivity index (χ1) is 27.7. The number of carbonyl (C=O) groups excluding carboxylic acids is 1. The molecule has 11 nitrogen and oxygen atoms in total. The van der Waals surface area contributed by atoms with Crippen molar-refractivity contribution in [1.29, 1.82) is 0 Å². The molecular weight excluding hydrogens is 806 g/mol. The van der Waals surface area contributed by atoms with Gasteiger partial charge in [0.1, 0.15) is 17.2 Å². The SMILES string of the molecule is COc1cc(CN2CCC(CCN3CCC(OS(C)(=O)=O)(c4nc5ccccc5n4Cc4ccc(F)cc4)CC3)(Cc3ccc(Cl)c(Cl)c3)C2=O)cc(OC)c1OC. The van der Waals surface area contributed by atoms with Crippen LogP contribution in [0.25, 0.3) is 11.0 Å². The Morgan fingerprint density at radius 2 is 1.47 bits per heavy atom. The van der Waals surface area contributed by atoms with Crippen LogP contribution in [0.3, 0.4) is 0 Å². The summed E-state index contributed by atoms with van der Waals surface area (Å²) in [5, 5.41) is 0.873. The number of hydrogen-bond acceptors (Lipinski definition) is 9. The van der Waals surface area contributed by atoms with Crippen molar-refractivity contribution < 1.29 is 36.0 Å². The van der Waals surface area contributed by atoms with Crippen LogP contribution in [0.4, 0.5) is 4.39 Å². The van der Waals surface area contributed by atoms with E-state index in [9.17, 15) is 17.6 Å². The monoisotopic (exact) mass is 852 g/mol. The summed E-state index contributed by atoms with van der Waals surface area (Å²) in [6, 6.07) is 23.1. The van der Waals surface area contributed by atoms with Crippen LogP contribution < -0.4 is 14.2 Å². The number of para-hydroxylation sites is 2. The second-order valence-corrected chi connectivity index (χ2v) is 17.6. The van der Waals surface area contributed by atoms with Crippen molar-refractivity contribution in [1.82, 2.24) is 19.4 Å². The number of likely N-dealkylation sites (tertiary alicyclic amines) is 2. The average Bonchev–Trinajstić information content (AvgIpc) is 3.72. The second kappa shape index (κ2) is 17.1. The Labute approximate surface area is 348 Å². The lowest BCUT2D eigenvalue weighted by molar-refractivity contribution is -0.137. The number of halogens is 3. The number of hydrogen-bond donors (Lipinski definition) is 0. The Kier molecular flexibility index (Phi) is 12.3. The highest BCUT2D eigenvalue weighted by Crippen LogP contribution is 2.44. The van der Waals surface area contributed by atoms with Gasteiger partial charge in [-0.15, -0.1) is 0 Å². The van der Waals surface area contributed by atoms with Gasteiger partial charge < -0.3 is 28.6 Å². The Hall–Kier alpha value is -4.40. The second-order valence-electron chi connectivity index (χ2n) is 15.2.